The van der Waals surface area contributed by atoms with Crippen molar-refractivity contribution >= 4 is 17.5 Å². The van der Waals surface area contributed by atoms with Crippen LogP contribution in [0.2, 0.25) is 0 Å². The Morgan fingerprint density at radius 1 is 1.25 bits per heavy atom. The fourth-order valence-corrected chi connectivity index (χ4v) is 2.84. The molecule has 0 saturated heterocycles. The summed E-state index contributed by atoms with van der Waals surface area (Å²) >= 11 is 1.00. The van der Waals surface area contributed by atoms with E-state index in [1.807, 2.05) is 0 Å². The van der Waals surface area contributed by atoms with Crippen LogP contribution in [0.25, 0.3) is 11.5 Å². The predicted octanol–water partition coefficient (Wildman–Crippen LogP) is 4.28. The fraction of sp³-hybridized carbons (Fsp3) is 0.188. The van der Waals surface area contributed by atoms with Crippen molar-refractivity contribution in [1.29, 1.82) is 0 Å². The summed E-state index contributed by atoms with van der Waals surface area (Å²) in [6.45, 7) is 3.35. The first-order chi connectivity index (χ1) is 11.5. The van der Waals surface area contributed by atoms with Gasteiger partial charge in [-0.3, -0.25) is 4.79 Å². The average molecular weight is 350 g/mol. The Kier molecular flexibility index (Phi) is 4.48. The van der Waals surface area contributed by atoms with E-state index in [4.69, 9.17) is 8.83 Å². The molecular weight excluding hydrogens is 338 g/mol. The lowest BCUT2D eigenvalue weighted by Gasteiger charge is -2.08. The highest BCUT2D eigenvalue weighted by atomic mass is 32.2. The molecule has 8 heteroatoms. The zero-order valence-corrected chi connectivity index (χ0v) is 13.6. The molecule has 1 atom stereocenters. The molecule has 0 amide bonds. The van der Waals surface area contributed by atoms with E-state index in [1.165, 1.54) is 6.26 Å². The van der Waals surface area contributed by atoms with E-state index < -0.39 is 22.7 Å². The van der Waals surface area contributed by atoms with Crippen LogP contribution in [0.5, 0.6) is 0 Å². The summed E-state index contributed by atoms with van der Waals surface area (Å²) in [6.07, 6.45) is 1.51. The van der Waals surface area contributed by atoms with Gasteiger partial charge in [0.1, 0.15) is 17.4 Å². The third-order valence-electron chi connectivity index (χ3n) is 3.34. The SMILES string of the molecule is Cc1occc1-c1nnc(S[C@H](C)C(=O)c2ccc(F)cc2F)o1. The zero-order chi connectivity index (χ0) is 17.3. The van der Waals surface area contributed by atoms with Gasteiger partial charge in [0.25, 0.3) is 11.1 Å². The average Bonchev–Trinajstić information content (AvgIpc) is 3.15. The minimum absolute atomic E-state index is 0.175. The molecule has 0 radical (unpaired) electrons. The minimum atomic E-state index is -0.896. The molecule has 0 bridgehead atoms. The number of carbonyl (C=O) groups excluding carboxylic acids is 1. The van der Waals surface area contributed by atoms with Crippen molar-refractivity contribution in [3.63, 3.8) is 0 Å². The number of rotatable bonds is 5. The van der Waals surface area contributed by atoms with Crippen LogP contribution in [-0.2, 0) is 0 Å². The highest BCUT2D eigenvalue weighted by Gasteiger charge is 2.23. The summed E-state index contributed by atoms with van der Waals surface area (Å²) < 4.78 is 37.3. The standard InChI is InChI=1S/C16H12F2N2O3S/c1-8-11(5-6-22-8)15-19-20-16(23-15)24-9(2)14(21)12-4-3-10(17)7-13(12)18/h3-7,9H,1-2H3/t9-/m1/s1. The zero-order valence-electron chi connectivity index (χ0n) is 12.7. The first kappa shape index (κ1) is 16.4. The lowest BCUT2D eigenvalue weighted by atomic mass is 10.1. The van der Waals surface area contributed by atoms with Gasteiger partial charge >= 0.3 is 0 Å². The van der Waals surface area contributed by atoms with Crippen LogP contribution in [0, 0.1) is 18.6 Å². The maximum Gasteiger partial charge on any atom is 0.277 e. The highest BCUT2D eigenvalue weighted by Crippen LogP contribution is 2.29. The second kappa shape index (κ2) is 6.56. The number of ketones is 1. The number of halogens is 2. The van der Waals surface area contributed by atoms with Crippen LogP contribution in [0.15, 0.2) is 44.6 Å². The van der Waals surface area contributed by atoms with Crippen molar-refractivity contribution in [3.05, 3.63) is 53.5 Å². The monoisotopic (exact) mass is 350 g/mol. The largest absolute Gasteiger partial charge is 0.469 e. The van der Waals surface area contributed by atoms with Gasteiger partial charge in [0.15, 0.2) is 5.78 Å². The molecule has 0 aliphatic rings. The Bertz CT molecular complexity index is 891. The molecule has 3 aromatic rings. The number of Topliss-reactive ketones (excluding diaryl/α,β-unsaturated/α-hetero) is 1. The summed E-state index contributed by atoms with van der Waals surface area (Å²) in [6, 6.07) is 4.54. The number of aryl methyl sites for hydroxylation is 1. The molecule has 124 valence electrons. The van der Waals surface area contributed by atoms with E-state index in [1.54, 1.807) is 19.9 Å². The molecule has 0 unspecified atom stereocenters. The molecule has 0 N–H and O–H groups in total. The molecule has 3 rings (SSSR count). The Morgan fingerprint density at radius 2 is 2.04 bits per heavy atom. The number of hydrogen-bond acceptors (Lipinski definition) is 6. The Balaban J connectivity index is 1.75. The summed E-state index contributed by atoms with van der Waals surface area (Å²) in [5.41, 5.74) is 0.486. The van der Waals surface area contributed by atoms with E-state index in [-0.39, 0.29) is 16.7 Å². The first-order valence-electron chi connectivity index (χ1n) is 6.99. The van der Waals surface area contributed by atoms with E-state index in [9.17, 15) is 13.6 Å². The molecule has 0 aliphatic heterocycles. The van der Waals surface area contributed by atoms with Crippen molar-refractivity contribution in [2.75, 3.05) is 0 Å². The normalized spacial score (nSPS) is 12.3. The van der Waals surface area contributed by atoms with Crippen LogP contribution in [0.3, 0.4) is 0 Å². The fourth-order valence-electron chi connectivity index (χ4n) is 2.09. The number of benzene rings is 1. The highest BCUT2D eigenvalue weighted by molar-refractivity contribution is 8.00. The molecule has 0 fully saturated rings. The van der Waals surface area contributed by atoms with Crippen LogP contribution < -0.4 is 0 Å². The van der Waals surface area contributed by atoms with Gasteiger partial charge in [-0.25, -0.2) is 8.78 Å². The smallest absolute Gasteiger partial charge is 0.277 e. The summed E-state index contributed by atoms with van der Waals surface area (Å²) in [7, 11) is 0. The van der Waals surface area contributed by atoms with Gasteiger partial charge in [0.05, 0.1) is 22.6 Å². The summed E-state index contributed by atoms with van der Waals surface area (Å²) in [5.74, 6) is -1.21. The van der Waals surface area contributed by atoms with Gasteiger partial charge < -0.3 is 8.83 Å². The molecule has 0 aliphatic carbocycles. The van der Waals surface area contributed by atoms with Gasteiger partial charge in [-0.1, -0.05) is 11.8 Å². The van der Waals surface area contributed by atoms with Crippen molar-refractivity contribution in [2.24, 2.45) is 0 Å². The van der Waals surface area contributed by atoms with Gasteiger partial charge in [-0.05, 0) is 32.0 Å². The lowest BCUT2D eigenvalue weighted by molar-refractivity contribution is 0.0989. The predicted molar refractivity (Wildman–Crippen MR) is 82.7 cm³/mol. The number of furan rings is 1. The Morgan fingerprint density at radius 3 is 2.71 bits per heavy atom. The third-order valence-corrected chi connectivity index (χ3v) is 4.27. The van der Waals surface area contributed by atoms with E-state index in [2.05, 4.69) is 10.2 Å². The van der Waals surface area contributed by atoms with Crippen molar-refractivity contribution in [1.82, 2.24) is 10.2 Å². The summed E-state index contributed by atoms with van der Waals surface area (Å²) in [4.78, 5) is 12.3. The van der Waals surface area contributed by atoms with Crippen LogP contribution in [0.4, 0.5) is 8.78 Å². The third kappa shape index (κ3) is 3.23. The molecule has 24 heavy (non-hydrogen) atoms. The second-order valence-corrected chi connectivity index (χ2v) is 6.30. The van der Waals surface area contributed by atoms with Crippen LogP contribution >= 0.6 is 11.8 Å². The number of aromatic nitrogens is 2. The number of carbonyl (C=O) groups is 1. The van der Waals surface area contributed by atoms with Crippen molar-refractivity contribution in [2.45, 2.75) is 24.3 Å². The molecule has 0 saturated carbocycles. The molecule has 0 spiro atoms. The van der Waals surface area contributed by atoms with Gasteiger partial charge in [0.2, 0.25) is 0 Å². The van der Waals surface area contributed by atoms with E-state index in [0.717, 1.165) is 23.9 Å². The van der Waals surface area contributed by atoms with Crippen molar-refractivity contribution < 1.29 is 22.4 Å². The topological polar surface area (TPSA) is 69.1 Å². The molecule has 1 aromatic carbocycles. The number of thioether (sulfide) groups is 1. The Hall–Kier alpha value is -2.48. The van der Waals surface area contributed by atoms with E-state index >= 15 is 0 Å². The molecular formula is C16H12F2N2O3S. The summed E-state index contributed by atoms with van der Waals surface area (Å²) in [5, 5.41) is 7.26. The quantitative estimate of drug-likeness (QED) is 0.505. The molecule has 2 heterocycles. The number of hydrogen-bond donors (Lipinski definition) is 0. The first-order valence-corrected chi connectivity index (χ1v) is 7.87. The molecule has 5 nitrogen and oxygen atoms in total. The maximum atomic E-state index is 13.7. The maximum absolute atomic E-state index is 13.7. The lowest BCUT2D eigenvalue weighted by Crippen LogP contribution is -2.15. The van der Waals surface area contributed by atoms with Crippen molar-refractivity contribution in [3.8, 4) is 11.5 Å². The van der Waals surface area contributed by atoms with Crippen LogP contribution in [-0.4, -0.2) is 21.2 Å². The van der Waals surface area contributed by atoms with Gasteiger partial charge in [-0.2, -0.15) is 0 Å². The van der Waals surface area contributed by atoms with Gasteiger partial charge in [0, 0.05) is 6.07 Å². The van der Waals surface area contributed by atoms with Crippen LogP contribution in [0.1, 0.15) is 23.0 Å². The molecule has 2 aromatic heterocycles. The minimum Gasteiger partial charge on any atom is -0.469 e. The van der Waals surface area contributed by atoms with E-state index in [0.29, 0.717) is 17.4 Å². The Labute approximate surface area is 140 Å². The van der Waals surface area contributed by atoms with Gasteiger partial charge in [-0.15, -0.1) is 10.2 Å². The number of nitrogens with zero attached hydrogens (tertiary/aromatic N) is 2. The second-order valence-electron chi connectivity index (χ2n) is 5.01.